The fourth-order valence-corrected chi connectivity index (χ4v) is 3.19. The number of carbonyl (C=O) groups is 1. The number of nitrogens with one attached hydrogen (secondary N) is 1. The molecule has 0 radical (unpaired) electrons. The molecule has 94 valence electrons. The molecule has 2 aromatic rings. The van der Waals surface area contributed by atoms with Gasteiger partial charge in [0, 0.05) is 21.2 Å². The van der Waals surface area contributed by atoms with Crippen molar-refractivity contribution < 1.29 is 4.79 Å². The number of fused-ring (bicyclic) bond motifs is 1. The minimum Gasteiger partial charge on any atom is -0.397 e. The van der Waals surface area contributed by atoms with Gasteiger partial charge < -0.3 is 11.1 Å². The van der Waals surface area contributed by atoms with E-state index in [1.165, 1.54) is 11.3 Å². The molecule has 18 heavy (non-hydrogen) atoms. The highest BCUT2D eigenvalue weighted by atomic mass is 35.5. The van der Waals surface area contributed by atoms with Gasteiger partial charge in [0.05, 0.1) is 5.69 Å². The maximum absolute atomic E-state index is 12.1. The number of amides is 1. The smallest absolute Gasteiger partial charge is 0.263 e. The number of benzene rings is 1. The number of nitrogen functional groups attached to an aromatic ring is 1. The van der Waals surface area contributed by atoms with Gasteiger partial charge in [0.25, 0.3) is 5.91 Å². The zero-order valence-corrected chi connectivity index (χ0v) is 11.4. The summed E-state index contributed by atoms with van der Waals surface area (Å²) in [6.45, 7) is 2.12. The molecule has 1 aliphatic rings. The molecule has 3 N–H and O–H groups in total. The molecule has 2 unspecified atom stereocenters. The van der Waals surface area contributed by atoms with E-state index < -0.39 is 0 Å². The first-order chi connectivity index (χ1) is 8.56. The molecule has 1 aromatic heterocycles. The van der Waals surface area contributed by atoms with Crippen molar-refractivity contribution in [2.75, 3.05) is 5.73 Å². The predicted octanol–water partition coefficient (Wildman–Crippen LogP) is 3.28. The van der Waals surface area contributed by atoms with Gasteiger partial charge in [0.15, 0.2) is 0 Å². The van der Waals surface area contributed by atoms with E-state index >= 15 is 0 Å². The second-order valence-corrected chi connectivity index (χ2v) is 6.27. The van der Waals surface area contributed by atoms with Crippen molar-refractivity contribution in [3.63, 3.8) is 0 Å². The third-order valence-electron chi connectivity index (χ3n) is 3.32. The number of rotatable bonds is 2. The van der Waals surface area contributed by atoms with Gasteiger partial charge in [0.2, 0.25) is 0 Å². The Morgan fingerprint density at radius 3 is 2.94 bits per heavy atom. The number of hydrogen-bond donors (Lipinski definition) is 2. The molecule has 1 aliphatic carbocycles. The highest BCUT2D eigenvalue weighted by Gasteiger charge is 2.34. The first kappa shape index (κ1) is 11.8. The van der Waals surface area contributed by atoms with Crippen molar-refractivity contribution in [1.29, 1.82) is 0 Å². The summed E-state index contributed by atoms with van der Waals surface area (Å²) in [6.07, 6.45) is 1.06. The van der Waals surface area contributed by atoms with Crippen LogP contribution in [0.2, 0.25) is 5.02 Å². The standard InChI is InChI=1S/C13H13ClN2OS/c1-6-4-9(6)16-13(17)12-11(15)8-5-7(14)2-3-10(8)18-12/h2-3,5-6,9H,4,15H2,1H3,(H,16,17). The van der Waals surface area contributed by atoms with E-state index in [2.05, 4.69) is 12.2 Å². The fourth-order valence-electron chi connectivity index (χ4n) is 2.01. The molecule has 3 nitrogen and oxygen atoms in total. The number of hydrogen-bond acceptors (Lipinski definition) is 3. The Morgan fingerprint density at radius 1 is 1.56 bits per heavy atom. The molecule has 1 heterocycles. The summed E-state index contributed by atoms with van der Waals surface area (Å²) in [4.78, 5) is 12.7. The van der Waals surface area contributed by atoms with Crippen LogP contribution in [0.3, 0.4) is 0 Å². The van der Waals surface area contributed by atoms with E-state index in [0.29, 0.717) is 27.5 Å². The molecule has 0 saturated heterocycles. The van der Waals surface area contributed by atoms with Gasteiger partial charge in [-0.05, 0) is 30.5 Å². The van der Waals surface area contributed by atoms with E-state index in [4.69, 9.17) is 17.3 Å². The zero-order valence-electron chi connectivity index (χ0n) is 9.87. The summed E-state index contributed by atoms with van der Waals surface area (Å²) in [7, 11) is 0. The molecule has 1 aromatic carbocycles. The molecule has 0 spiro atoms. The van der Waals surface area contributed by atoms with Gasteiger partial charge in [-0.1, -0.05) is 18.5 Å². The van der Waals surface area contributed by atoms with E-state index in [0.717, 1.165) is 16.5 Å². The van der Waals surface area contributed by atoms with E-state index in [1.807, 2.05) is 12.1 Å². The Morgan fingerprint density at radius 2 is 2.28 bits per heavy atom. The van der Waals surface area contributed by atoms with E-state index in [-0.39, 0.29) is 5.91 Å². The second kappa shape index (κ2) is 4.14. The summed E-state index contributed by atoms with van der Waals surface area (Å²) in [6, 6.07) is 5.82. The van der Waals surface area contributed by atoms with Crippen molar-refractivity contribution in [3.8, 4) is 0 Å². The Labute approximate surface area is 114 Å². The molecular formula is C13H13ClN2OS. The number of halogens is 1. The summed E-state index contributed by atoms with van der Waals surface area (Å²) < 4.78 is 0.992. The minimum absolute atomic E-state index is 0.0702. The van der Waals surface area contributed by atoms with Gasteiger partial charge >= 0.3 is 0 Å². The van der Waals surface area contributed by atoms with Crippen LogP contribution in [0.25, 0.3) is 10.1 Å². The normalized spacial score (nSPS) is 22.1. The highest BCUT2D eigenvalue weighted by molar-refractivity contribution is 7.21. The molecule has 0 aliphatic heterocycles. The van der Waals surface area contributed by atoms with Gasteiger partial charge in [-0.3, -0.25) is 4.79 Å². The van der Waals surface area contributed by atoms with Crippen molar-refractivity contribution in [3.05, 3.63) is 28.1 Å². The van der Waals surface area contributed by atoms with Crippen LogP contribution in [-0.2, 0) is 0 Å². The lowest BCUT2D eigenvalue weighted by Crippen LogP contribution is -2.26. The van der Waals surface area contributed by atoms with E-state index in [9.17, 15) is 4.79 Å². The Kier molecular flexibility index (Phi) is 2.72. The minimum atomic E-state index is -0.0702. The van der Waals surface area contributed by atoms with Crippen molar-refractivity contribution >= 4 is 44.6 Å². The van der Waals surface area contributed by atoms with Crippen molar-refractivity contribution in [1.82, 2.24) is 5.32 Å². The van der Waals surface area contributed by atoms with Crippen molar-refractivity contribution in [2.24, 2.45) is 5.92 Å². The van der Waals surface area contributed by atoms with Crippen LogP contribution >= 0.6 is 22.9 Å². The molecule has 1 fully saturated rings. The highest BCUT2D eigenvalue weighted by Crippen LogP contribution is 2.36. The second-order valence-electron chi connectivity index (χ2n) is 4.78. The van der Waals surface area contributed by atoms with Gasteiger partial charge in [-0.25, -0.2) is 0 Å². The summed E-state index contributed by atoms with van der Waals surface area (Å²) in [5, 5.41) is 4.49. The van der Waals surface area contributed by atoms with Crippen LogP contribution < -0.4 is 11.1 Å². The van der Waals surface area contributed by atoms with Crippen LogP contribution in [0.5, 0.6) is 0 Å². The third kappa shape index (κ3) is 1.95. The Hall–Kier alpha value is -1.26. The van der Waals surface area contributed by atoms with Crippen LogP contribution in [0, 0.1) is 5.92 Å². The Balaban J connectivity index is 1.96. The molecular weight excluding hydrogens is 268 g/mol. The first-order valence-electron chi connectivity index (χ1n) is 5.84. The zero-order chi connectivity index (χ0) is 12.9. The number of anilines is 1. The summed E-state index contributed by atoms with van der Waals surface area (Å²) in [5.41, 5.74) is 6.56. The average molecular weight is 281 g/mol. The number of carbonyl (C=O) groups excluding carboxylic acids is 1. The molecule has 1 amide bonds. The first-order valence-corrected chi connectivity index (χ1v) is 7.04. The SMILES string of the molecule is CC1CC1NC(=O)c1sc2ccc(Cl)cc2c1N. The summed E-state index contributed by atoms with van der Waals surface area (Å²) in [5.74, 6) is 0.512. The largest absolute Gasteiger partial charge is 0.397 e. The molecule has 0 bridgehead atoms. The number of nitrogens with two attached hydrogens (primary N) is 1. The fraction of sp³-hybridized carbons (Fsp3) is 0.308. The van der Waals surface area contributed by atoms with Crippen LogP contribution in [0.1, 0.15) is 23.0 Å². The monoisotopic (exact) mass is 280 g/mol. The average Bonchev–Trinajstić information content (AvgIpc) is 2.91. The number of thiophene rings is 1. The van der Waals surface area contributed by atoms with Crippen LogP contribution in [0.4, 0.5) is 5.69 Å². The lowest BCUT2D eigenvalue weighted by Gasteiger charge is -2.02. The molecule has 5 heteroatoms. The van der Waals surface area contributed by atoms with Gasteiger partial charge in [0.1, 0.15) is 4.88 Å². The Bertz CT molecular complexity index is 637. The van der Waals surface area contributed by atoms with E-state index in [1.54, 1.807) is 6.07 Å². The maximum Gasteiger partial charge on any atom is 0.263 e. The quantitative estimate of drug-likeness (QED) is 0.887. The lowest BCUT2D eigenvalue weighted by atomic mass is 10.2. The molecule has 2 atom stereocenters. The maximum atomic E-state index is 12.1. The topological polar surface area (TPSA) is 55.1 Å². The van der Waals surface area contributed by atoms with Gasteiger partial charge in [-0.15, -0.1) is 11.3 Å². The summed E-state index contributed by atoms with van der Waals surface area (Å²) >= 11 is 7.36. The van der Waals surface area contributed by atoms with Crippen molar-refractivity contribution in [2.45, 2.75) is 19.4 Å². The molecule has 3 rings (SSSR count). The van der Waals surface area contributed by atoms with Crippen LogP contribution in [-0.4, -0.2) is 11.9 Å². The third-order valence-corrected chi connectivity index (χ3v) is 4.74. The lowest BCUT2D eigenvalue weighted by molar-refractivity contribution is 0.0954. The predicted molar refractivity (Wildman–Crippen MR) is 76.3 cm³/mol. The van der Waals surface area contributed by atoms with Crippen LogP contribution in [0.15, 0.2) is 18.2 Å². The van der Waals surface area contributed by atoms with Gasteiger partial charge in [-0.2, -0.15) is 0 Å². The molecule has 1 saturated carbocycles.